The molecular weight excluding hydrogens is 208 g/mol. The number of hydrogen-bond donors (Lipinski definition) is 3. The zero-order valence-corrected chi connectivity index (χ0v) is 9.10. The van der Waals surface area contributed by atoms with Crippen molar-refractivity contribution in [3.63, 3.8) is 0 Å². The number of aliphatic carboxylic acids is 1. The summed E-state index contributed by atoms with van der Waals surface area (Å²) in [6, 6.07) is -0.559. The predicted octanol–water partition coefficient (Wildman–Crippen LogP) is -0.316. The third-order valence-electron chi connectivity index (χ3n) is 1.57. The number of carboxylic acids is 1. The first-order valence-corrected chi connectivity index (χ1v) is 5.88. The molecule has 0 aliphatic heterocycles. The molecule has 0 radical (unpaired) electrons. The van der Waals surface area contributed by atoms with E-state index in [2.05, 4.69) is 9.44 Å². The highest BCUT2D eigenvalue weighted by Gasteiger charge is 2.17. The van der Waals surface area contributed by atoms with E-state index in [4.69, 9.17) is 5.11 Å². The van der Waals surface area contributed by atoms with Crippen LogP contribution in [0.15, 0.2) is 0 Å². The summed E-state index contributed by atoms with van der Waals surface area (Å²) in [6.45, 7) is 3.65. The molecule has 0 fully saturated rings. The largest absolute Gasteiger partial charge is 0.481 e. The Labute approximate surface area is 83.9 Å². The number of nitrogens with one attached hydrogen (secondary N) is 2. The molecule has 0 heterocycles. The zero-order chi connectivity index (χ0) is 11.2. The molecule has 0 saturated heterocycles. The molecule has 0 aromatic carbocycles. The maximum atomic E-state index is 11.2. The summed E-state index contributed by atoms with van der Waals surface area (Å²) >= 11 is 0. The van der Waals surface area contributed by atoms with Gasteiger partial charge in [-0.2, -0.15) is 13.1 Å². The number of carbonyl (C=O) groups is 1. The Hall–Kier alpha value is -0.660. The van der Waals surface area contributed by atoms with E-state index in [1.165, 1.54) is 0 Å². The van der Waals surface area contributed by atoms with E-state index < -0.39 is 22.2 Å². The second-order valence-electron chi connectivity index (χ2n) is 2.82. The molecule has 6 nitrogen and oxygen atoms in total. The average molecular weight is 224 g/mol. The molecule has 0 rings (SSSR count). The van der Waals surface area contributed by atoms with Crippen molar-refractivity contribution in [2.24, 2.45) is 0 Å². The van der Waals surface area contributed by atoms with Gasteiger partial charge in [0.2, 0.25) is 0 Å². The zero-order valence-electron chi connectivity index (χ0n) is 8.28. The van der Waals surface area contributed by atoms with E-state index in [1.807, 2.05) is 0 Å². The van der Waals surface area contributed by atoms with Crippen LogP contribution in [-0.2, 0) is 15.0 Å². The summed E-state index contributed by atoms with van der Waals surface area (Å²) in [5, 5.41) is 8.49. The standard InChI is InChI=1S/C7H16N2O4S/c1-3-6(5-7(10)11)9-14(12,13)8-4-2/h6,8-9H,3-5H2,1-2H3,(H,10,11). The van der Waals surface area contributed by atoms with Gasteiger partial charge in [-0.05, 0) is 6.42 Å². The molecule has 0 aliphatic carbocycles. The lowest BCUT2D eigenvalue weighted by molar-refractivity contribution is -0.137. The summed E-state index contributed by atoms with van der Waals surface area (Å²) in [6.07, 6.45) is 0.234. The molecule has 14 heavy (non-hydrogen) atoms. The van der Waals surface area contributed by atoms with Gasteiger partial charge in [0.25, 0.3) is 10.2 Å². The average Bonchev–Trinajstić information content (AvgIpc) is 2.01. The molecule has 0 spiro atoms. The first-order valence-electron chi connectivity index (χ1n) is 4.40. The molecule has 1 unspecified atom stereocenters. The Balaban J connectivity index is 4.24. The maximum absolute atomic E-state index is 11.2. The number of rotatable bonds is 7. The second kappa shape index (κ2) is 5.94. The number of hydrogen-bond acceptors (Lipinski definition) is 3. The molecule has 3 N–H and O–H groups in total. The van der Waals surface area contributed by atoms with Crippen LogP contribution in [0.25, 0.3) is 0 Å². The fourth-order valence-corrected chi connectivity index (χ4v) is 2.08. The molecule has 0 amide bonds. The van der Waals surface area contributed by atoms with Gasteiger partial charge in [0.15, 0.2) is 0 Å². The fraction of sp³-hybridized carbons (Fsp3) is 0.857. The Morgan fingerprint density at radius 1 is 1.43 bits per heavy atom. The van der Waals surface area contributed by atoms with Gasteiger partial charge in [-0.15, -0.1) is 0 Å². The molecule has 0 saturated carbocycles. The highest BCUT2D eigenvalue weighted by Crippen LogP contribution is 1.98. The van der Waals surface area contributed by atoms with E-state index in [-0.39, 0.29) is 13.0 Å². The molecule has 7 heteroatoms. The third-order valence-corrected chi connectivity index (χ3v) is 2.88. The van der Waals surface area contributed by atoms with Gasteiger partial charge in [0.1, 0.15) is 0 Å². The SMILES string of the molecule is CCNS(=O)(=O)NC(CC)CC(=O)O. The molecule has 0 aromatic rings. The van der Waals surface area contributed by atoms with Crippen molar-refractivity contribution in [3.8, 4) is 0 Å². The lowest BCUT2D eigenvalue weighted by Gasteiger charge is -2.14. The van der Waals surface area contributed by atoms with Crippen LogP contribution in [0, 0.1) is 0 Å². The van der Waals surface area contributed by atoms with Crippen molar-refractivity contribution in [2.45, 2.75) is 32.7 Å². The Kier molecular flexibility index (Phi) is 5.66. The smallest absolute Gasteiger partial charge is 0.304 e. The van der Waals surface area contributed by atoms with Gasteiger partial charge < -0.3 is 5.11 Å². The van der Waals surface area contributed by atoms with E-state index in [1.54, 1.807) is 13.8 Å². The van der Waals surface area contributed by atoms with Crippen molar-refractivity contribution in [1.29, 1.82) is 0 Å². The lowest BCUT2D eigenvalue weighted by atomic mass is 10.2. The van der Waals surface area contributed by atoms with Crippen LogP contribution in [-0.4, -0.2) is 32.1 Å². The van der Waals surface area contributed by atoms with Gasteiger partial charge in [-0.25, -0.2) is 4.72 Å². The molecule has 0 aromatic heterocycles. The minimum absolute atomic E-state index is 0.207. The van der Waals surface area contributed by atoms with E-state index in [0.717, 1.165) is 0 Å². The highest BCUT2D eigenvalue weighted by molar-refractivity contribution is 7.87. The van der Waals surface area contributed by atoms with E-state index in [0.29, 0.717) is 6.42 Å². The van der Waals surface area contributed by atoms with Crippen LogP contribution < -0.4 is 9.44 Å². The highest BCUT2D eigenvalue weighted by atomic mass is 32.2. The fourth-order valence-electron chi connectivity index (χ4n) is 0.931. The number of carboxylic acid groups (broad SMARTS) is 1. The monoisotopic (exact) mass is 224 g/mol. The lowest BCUT2D eigenvalue weighted by Crippen LogP contribution is -2.43. The summed E-state index contributed by atoms with van der Waals surface area (Å²) in [7, 11) is -3.55. The molecule has 1 atom stereocenters. The van der Waals surface area contributed by atoms with Crippen molar-refractivity contribution >= 4 is 16.2 Å². The van der Waals surface area contributed by atoms with Crippen molar-refractivity contribution in [2.75, 3.05) is 6.54 Å². The van der Waals surface area contributed by atoms with E-state index in [9.17, 15) is 13.2 Å². The molecule has 0 bridgehead atoms. The van der Waals surface area contributed by atoms with Crippen LogP contribution in [0.5, 0.6) is 0 Å². The normalized spacial score (nSPS) is 13.9. The van der Waals surface area contributed by atoms with Crippen molar-refractivity contribution in [1.82, 2.24) is 9.44 Å². The van der Waals surface area contributed by atoms with E-state index >= 15 is 0 Å². The van der Waals surface area contributed by atoms with Gasteiger partial charge >= 0.3 is 5.97 Å². The molecule has 84 valence electrons. The minimum atomic E-state index is -3.55. The van der Waals surface area contributed by atoms with Gasteiger partial charge in [0.05, 0.1) is 6.42 Å². The van der Waals surface area contributed by atoms with Crippen LogP contribution in [0.3, 0.4) is 0 Å². The van der Waals surface area contributed by atoms with Gasteiger partial charge in [0, 0.05) is 12.6 Å². The van der Waals surface area contributed by atoms with Crippen molar-refractivity contribution in [3.05, 3.63) is 0 Å². The Morgan fingerprint density at radius 3 is 2.36 bits per heavy atom. The predicted molar refractivity (Wildman–Crippen MR) is 52.1 cm³/mol. The topological polar surface area (TPSA) is 95.5 Å². The van der Waals surface area contributed by atoms with Crippen LogP contribution >= 0.6 is 0 Å². The van der Waals surface area contributed by atoms with Crippen molar-refractivity contribution < 1.29 is 18.3 Å². The third kappa shape index (κ3) is 5.90. The van der Waals surface area contributed by atoms with Gasteiger partial charge in [-0.3, -0.25) is 4.79 Å². The maximum Gasteiger partial charge on any atom is 0.304 e. The minimum Gasteiger partial charge on any atom is -0.481 e. The van der Waals surface area contributed by atoms with Crippen LogP contribution in [0.4, 0.5) is 0 Å². The summed E-state index contributed by atoms with van der Waals surface area (Å²) in [5.41, 5.74) is 0. The van der Waals surface area contributed by atoms with Gasteiger partial charge in [-0.1, -0.05) is 13.8 Å². The Bertz CT molecular complexity index is 275. The second-order valence-corrected chi connectivity index (χ2v) is 4.35. The summed E-state index contributed by atoms with van der Waals surface area (Å²) in [4.78, 5) is 10.4. The molecular formula is C7H16N2O4S. The summed E-state index contributed by atoms with van der Waals surface area (Å²) < 4.78 is 26.8. The van der Waals surface area contributed by atoms with Crippen LogP contribution in [0.1, 0.15) is 26.7 Å². The Morgan fingerprint density at radius 2 is 2.00 bits per heavy atom. The quantitative estimate of drug-likeness (QED) is 0.552. The first-order chi connectivity index (χ1) is 6.41. The first kappa shape index (κ1) is 13.3. The summed E-state index contributed by atoms with van der Waals surface area (Å²) in [5.74, 6) is -1.02. The molecule has 0 aliphatic rings. The van der Waals surface area contributed by atoms with Crippen LogP contribution in [0.2, 0.25) is 0 Å².